The Balaban J connectivity index is 2.41. The Morgan fingerprint density at radius 3 is 2.69 bits per heavy atom. The van der Waals surface area contributed by atoms with E-state index in [2.05, 4.69) is 10.3 Å². The maximum absolute atomic E-state index is 13.4. The van der Waals surface area contributed by atoms with Gasteiger partial charge >= 0.3 is 0 Å². The Bertz CT molecular complexity index is 513. The summed E-state index contributed by atoms with van der Waals surface area (Å²) in [5, 5.41) is 17.1. The topological polar surface area (TPSA) is 50.9 Å². The van der Waals surface area contributed by atoms with E-state index >= 15 is 0 Å². The van der Waals surface area contributed by atoms with Crippen molar-refractivity contribution in [2.24, 2.45) is 7.05 Å². The molecule has 0 aliphatic carbocycles. The second kappa shape index (κ2) is 3.97. The summed E-state index contributed by atoms with van der Waals surface area (Å²) in [7, 11) is 1.58. The third kappa shape index (κ3) is 1.79. The van der Waals surface area contributed by atoms with Gasteiger partial charge < -0.3 is 5.11 Å². The second-order valence-electron chi connectivity index (χ2n) is 3.35. The summed E-state index contributed by atoms with van der Waals surface area (Å²) >= 11 is 0. The molecule has 1 aromatic heterocycles. The zero-order valence-electron chi connectivity index (χ0n) is 8.43. The SMILES string of the molecule is Cn1nncc1C(O)c1ccc(F)cc1F. The zero-order valence-corrected chi connectivity index (χ0v) is 8.43. The number of aliphatic hydroxyl groups is 1. The van der Waals surface area contributed by atoms with Gasteiger partial charge in [0.2, 0.25) is 0 Å². The highest BCUT2D eigenvalue weighted by Gasteiger charge is 2.18. The molecule has 84 valence electrons. The number of hydrogen-bond acceptors (Lipinski definition) is 3. The van der Waals surface area contributed by atoms with Crippen LogP contribution in [0.4, 0.5) is 8.78 Å². The van der Waals surface area contributed by atoms with E-state index in [0.717, 1.165) is 12.1 Å². The van der Waals surface area contributed by atoms with E-state index in [4.69, 9.17) is 0 Å². The van der Waals surface area contributed by atoms with E-state index < -0.39 is 17.7 Å². The highest BCUT2D eigenvalue weighted by molar-refractivity contribution is 5.26. The van der Waals surface area contributed by atoms with Crippen LogP contribution in [-0.2, 0) is 7.05 Å². The quantitative estimate of drug-likeness (QED) is 0.834. The lowest BCUT2D eigenvalue weighted by Crippen LogP contribution is -2.08. The first-order chi connectivity index (χ1) is 7.59. The molecule has 4 nitrogen and oxygen atoms in total. The van der Waals surface area contributed by atoms with Gasteiger partial charge in [-0.25, -0.2) is 13.5 Å². The molecule has 1 aromatic carbocycles. The van der Waals surface area contributed by atoms with Crippen LogP contribution in [0, 0.1) is 11.6 Å². The number of benzene rings is 1. The molecule has 0 aliphatic rings. The number of aromatic nitrogens is 3. The van der Waals surface area contributed by atoms with E-state index in [-0.39, 0.29) is 5.56 Å². The van der Waals surface area contributed by atoms with E-state index in [0.29, 0.717) is 5.69 Å². The molecule has 1 N–H and O–H groups in total. The maximum atomic E-state index is 13.4. The Hall–Kier alpha value is -1.82. The normalized spacial score (nSPS) is 12.8. The monoisotopic (exact) mass is 225 g/mol. The van der Waals surface area contributed by atoms with Gasteiger partial charge in [-0.3, -0.25) is 0 Å². The third-order valence-electron chi connectivity index (χ3n) is 2.29. The summed E-state index contributed by atoms with van der Waals surface area (Å²) in [6, 6.07) is 3.01. The molecular weight excluding hydrogens is 216 g/mol. The molecule has 1 heterocycles. The van der Waals surface area contributed by atoms with Gasteiger partial charge in [-0.05, 0) is 6.07 Å². The molecule has 0 fully saturated rings. The number of nitrogens with zero attached hydrogens (tertiary/aromatic N) is 3. The second-order valence-corrected chi connectivity index (χ2v) is 3.35. The Kier molecular flexibility index (Phi) is 2.66. The number of aliphatic hydroxyl groups excluding tert-OH is 1. The van der Waals surface area contributed by atoms with E-state index in [1.54, 1.807) is 7.05 Å². The van der Waals surface area contributed by atoms with Crippen LogP contribution in [0.5, 0.6) is 0 Å². The maximum Gasteiger partial charge on any atom is 0.132 e. The predicted molar refractivity (Wildman–Crippen MR) is 51.4 cm³/mol. The first-order valence-electron chi connectivity index (χ1n) is 4.57. The van der Waals surface area contributed by atoms with Gasteiger partial charge in [0.25, 0.3) is 0 Å². The first kappa shape index (κ1) is 10.7. The van der Waals surface area contributed by atoms with Gasteiger partial charge in [0.05, 0.1) is 11.9 Å². The lowest BCUT2D eigenvalue weighted by Gasteiger charge is -2.11. The molecule has 0 radical (unpaired) electrons. The van der Waals surface area contributed by atoms with Crippen LogP contribution in [0.2, 0.25) is 0 Å². The van der Waals surface area contributed by atoms with Gasteiger partial charge in [-0.15, -0.1) is 5.10 Å². The fourth-order valence-electron chi connectivity index (χ4n) is 1.43. The Morgan fingerprint density at radius 2 is 2.12 bits per heavy atom. The van der Waals surface area contributed by atoms with E-state index in [1.165, 1.54) is 16.9 Å². The smallest absolute Gasteiger partial charge is 0.132 e. The summed E-state index contributed by atoms with van der Waals surface area (Å²) in [5.41, 5.74) is 0.331. The van der Waals surface area contributed by atoms with Crippen LogP contribution in [0.15, 0.2) is 24.4 Å². The summed E-state index contributed by atoms with van der Waals surface area (Å²) in [6.45, 7) is 0. The van der Waals surface area contributed by atoms with Crippen LogP contribution in [0.25, 0.3) is 0 Å². The Morgan fingerprint density at radius 1 is 1.38 bits per heavy atom. The molecule has 16 heavy (non-hydrogen) atoms. The molecule has 2 aromatic rings. The molecule has 1 unspecified atom stereocenters. The highest BCUT2D eigenvalue weighted by atomic mass is 19.1. The average Bonchev–Trinajstić information content (AvgIpc) is 2.63. The van der Waals surface area contributed by atoms with Crippen molar-refractivity contribution in [1.29, 1.82) is 0 Å². The van der Waals surface area contributed by atoms with E-state index in [1.807, 2.05) is 0 Å². The molecule has 6 heteroatoms. The molecule has 2 rings (SSSR count). The standard InChI is InChI=1S/C10H9F2N3O/c1-15-9(5-13-14-15)10(16)7-3-2-6(11)4-8(7)12/h2-5,10,16H,1H3. The lowest BCUT2D eigenvalue weighted by molar-refractivity contribution is 0.204. The predicted octanol–water partition coefficient (Wildman–Crippen LogP) is 1.18. The third-order valence-corrected chi connectivity index (χ3v) is 2.29. The molecular formula is C10H9F2N3O. The van der Waals surface area contributed by atoms with Gasteiger partial charge in [0.1, 0.15) is 17.7 Å². The van der Waals surface area contributed by atoms with Crippen molar-refractivity contribution in [2.75, 3.05) is 0 Å². The minimum atomic E-state index is -1.21. The summed E-state index contributed by atoms with van der Waals surface area (Å²) in [6.07, 6.45) is 0.119. The van der Waals surface area contributed by atoms with Crippen molar-refractivity contribution >= 4 is 0 Å². The van der Waals surface area contributed by atoms with Crippen LogP contribution < -0.4 is 0 Å². The van der Waals surface area contributed by atoms with Gasteiger partial charge in [-0.2, -0.15) is 0 Å². The Labute approximate surface area is 90.1 Å². The summed E-state index contributed by atoms with van der Waals surface area (Å²) in [4.78, 5) is 0. The first-order valence-corrected chi connectivity index (χ1v) is 4.57. The molecule has 0 amide bonds. The molecule has 0 bridgehead atoms. The van der Waals surface area contributed by atoms with Gasteiger partial charge in [-0.1, -0.05) is 11.3 Å². The van der Waals surface area contributed by atoms with Crippen molar-refractivity contribution < 1.29 is 13.9 Å². The molecule has 1 atom stereocenters. The minimum absolute atomic E-state index is 0.00759. The van der Waals surface area contributed by atoms with Crippen molar-refractivity contribution in [3.63, 3.8) is 0 Å². The number of aryl methyl sites for hydroxylation is 1. The van der Waals surface area contributed by atoms with Crippen LogP contribution in [-0.4, -0.2) is 20.1 Å². The fraction of sp³-hybridized carbons (Fsp3) is 0.200. The molecule has 0 aliphatic heterocycles. The van der Waals surface area contributed by atoms with E-state index in [9.17, 15) is 13.9 Å². The molecule has 0 spiro atoms. The molecule has 0 saturated heterocycles. The van der Waals surface area contributed by atoms with Crippen molar-refractivity contribution in [3.05, 3.63) is 47.3 Å². The van der Waals surface area contributed by atoms with Gasteiger partial charge in [0.15, 0.2) is 0 Å². The van der Waals surface area contributed by atoms with Crippen LogP contribution >= 0.6 is 0 Å². The zero-order chi connectivity index (χ0) is 11.7. The average molecular weight is 225 g/mol. The fourth-order valence-corrected chi connectivity index (χ4v) is 1.43. The van der Waals surface area contributed by atoms with Crippen molar-refractivity contribution in [2.45, 2.75) is 6.10 Å². The summed E-state index contributed by atoms with van der Waals surface area (Å²) < 4.78 is 27.4. The summed E-state index contributed by atoms with van der Waals surface area (Å²) in [5.74, 6) is -1.48. The largest absolute Gasteiger partial charge is 0.382 e. The van der Waals surface area contributed by atoms with Crippen LogP contribution in [0.1, 0.15) is 17.4 Å². The number of hydrogen-bond donors (Lipinski definition) is 1. The lowest BCUT2D eigenvalue weighted by atomic mass is 10.1. The van der Waals surface area contributed by atoms with Crippen molar-refractivity contribution in [3.8, 4) is 0 Å². The number of rotatable bonds is 2. The van der Waals surface area contributed by atoms with Crippen LogP contribution in [0.3, 0.4) is 0 Å². The molecule has 0 saturated carbocycles. The minimum Gasteiger partial charge on any atom is -0.382 e. The van der Waals surface area contributed by atoms with Gasteiger partial charge in [0, 0.05) is 18.7 Å². The number of halogens is 2. The van der Waals surface area contributed by atoms with Crippen molar-refractivity contribution in [1.82, 2.24) is 15.0 Å². The highest BCUT2D eigenvalue weighted by Crippen LogP contribution is 2.23.